The number of allylic oxidation sites excluding steroid dienone is 4. The molecule has 1 aromatic rings. The van der Waals surface area contributed by atoms with Crippen LogP contribution in [0.1, 0.15) is 55.0 Å². The second kappa shape index (κ2) is 13.4. The normalized spacial score (nSPS) is 14.7. The number of aliphatic imine (C=N–C) groups is 1. The Kier molecular flexibility index (Phi) is 10.6. The highest BCUT2D eigenvalue weighted by molar-refractivity contribution is 7.16. The molecule has 6 nitrogen and oxygen atoms in total. The van der Waals surface area contributed by atoms with E-state index in [0.29, 0.717) is 25.9 Å². The molecule has 1 N–H and O–H groups in total. The zero-order valence-corrected chi connectivity index (χ0v) is 19.8. The van der Waals surface area contributed by atoms with E-state index in [-0.39, 0.29) is 5.91 Å². The predicted octanol–water partition coefficient (Wildman–Crippen LogP) is 4.83. The number of thiophene rings is 1. The highest BCUT2D eigenvalue weighted by Crippen LogP contribution is 2.36. The summed E-state index contributed by atoms with van der Waals surface area (Å²) in [7, 11) is 1.83. The summed E-state index contributed by atoms with van der Waals surface area (Å²) in [5.74, 6) is 0.171. The van der Waals surface area contributed by atoms with Crippen LogP contribution in [0.4, 0.5) is 5.00 Å². The van der Waals surface area contributed by atoms with Gasteiger partial charge in [0.15, 0.2) is 0 Å². The van der Waals surface area contributed by atoms with E-state index in [1.54, 1.807) is 17.6 Å². The van der Waals surface area contributed by atoms with Gasteiger partial charge in [-0.15, -0.1) is 11.3 Å². The Bertz CT molecular complexity index is 950. The summed E-state index contributed by atoms with van der Waals surface area (Å²) < 4.78 is 0. The van der Waals surface area contributed by atoms with Crippen molar-refractivity contribution in [3.63, 3.8) is 0 Å². The van der Waals surface area contributed by atoms with Crippen LogP contribution in [0, 0.1) is 11.3 Å². The summed E-state index contributed by atoms with van der Waals surface area (Å²) in [6.07, 6.45) is 13.2. The first kappa shape index (κ1) is 25.3. The fourth-order valence-electron chi connectivity index (χ4n) is 3.50. The van der Waals surface area contributed by atoms with Crippen LogP contribution in [0.2, 0.25) is 0 Å². The van der Waals surface area contributed by atoms with Gasteiger partial charge in [0.2, 0.25) is 5.91 Å². The van der Waals surface area contributed by atoms with Crippen molar-refractivity contribution < 1.29 is 9.59 Å². The quantitative estimate of drug-likeness (QED) is 0.452. The topological polar surface area (TPSA) is 85.6 Å². The van der Waals surface area contributed by atoms with Gasteiger partial charge in [0.05, 0.1) is 12.1 Å². The number of carbonyl (C=O) groups excluding carboxylic acids is 2. The average Bonchev–Trinajstić information content (AvgIpc) is 3.19. The van der Waals surface area contributed by atoms with Crippen LogP contribution in [-0.4, -0.2) is 43.4 Å². The van der Waals surface area contributed by atoms with Gasteiger partial charge >= 0.3 is 0 Å². The first-order chi connectivity index (χ1) is 15.5. The monoisotopic (exact) mass is 452 g/mol. The fraction of sp³-hybridized carbons (Fsp3) is 0.440. The van der Waals surface area contributed by atoms with Crippen molar-refractivity contribution in [3.8, 4) is 6.07 Å². The van der Waals surface area contributed by atoms with Gasteiger partial charge in [-0.2, -0.15) is 5.26 Å². The van der Waals surface area contributed by atoms with Crippen LogP contribution in [0.3, 0.4) is 0 Å². The van der Waals surface area contributed by atoms with Gasteiger partial charge in [0, 0.05) is 44.1 Å². The molecule has 3 heterocycles. The summed E-state index contributed by atoms with van der Waals surface area (Å²) in [5.41, 5.74) is 4.06. The van der Waals surface area contributed by atoms with E-state index in [1.165, 1.54) is 0 Å². The van der Waals surface area contributed by atoms with Crippen molar-refractivity contribution in [1.29, 1.82) is 5.26 Å². The van der Waals surface area contributed by atoms with Crippen molar-refractivity contribution in [2.75, 3.05) is 25.5 Å². The number of rotatable bonds is 8. The molecule has 0 aliphatic carbocycles. The third-order valence-electron chi connectivity index (χ3n) is 5.28. The molecule has 0 saturated heterocycles. The highest BCUT2D eigenvalue weighted by atomic mass is 32.1. The molecule has 0 atom stereocenters. The number of nitriles is 1. The Morgan fingerprint density at radius 2 is 2.25 bits per heavy atom. The number of hydrogen-bond acceptors (Lipinski definition) is 6. The van der Waals surface area contributed by atoms with Crippen LogP contribution in [0.15, 0.2) is 40.9 Å². The van der Waals surface area contributed by atoms with Crippen LogP contribution < -0.4 is 5.32 Å². The standard InChI is InChI=1S/C16H18N4OS.C9H14O/c1-18-16-13(9-17)12-4-7-20(10-14(12)22-16)15(21)8-11-2-5-19-6-3-11;1-3-4-6-9(2)7-5-8-10/h2,5,18H,3-4,6-8,10H2,1H3;4,6,8H,2-3,5,7H2,1H3/b;6-4-. The van der Waals surface area contributed by atoms with Crippen molar-refractivity contribution in [2.45, 2.75) is 52.0 Å². The summed E-state index contributed by atoms with van der Waals surface area (Å²) in [4.78, 5) is 29.6. The van der Waals surface area contributed by atoms with Gasteiger partial charge < -0.3 is 15.0 Å². The van der Waals surface area contributed by atoms with E-state index in [4.69, 9.17) is 0 Å². The predicted molar refractivity (Wildman–Crippen MR) is 132 cm³/mol. The van der Waals surface area contributed by atoms with E-state index in [0.717, 1.165) is 70.7 Å². The number of aldehydes is 1. The SMILES string of the molecule is C=C(/C=C\CC)CCC=O.CNc1sc2c(c1C#N)CCN(C(=O)CC1=CC=NCC1)C2. The molecule has 0 unspecified atom stereocenters. The van der Waals surface area contributed by atoms with Gasteiger partial charge in [0.25, 0.3) is 0 Å². The largest absolute Gasteiger partial charge is 0.379 e. The molecular formula is C25H32N4O2S. The lowest BCUT2D eigenvalue weighted by atomic mass is 10.0. The Morgan fingerprint density at radius 1 is 1.44 bits per heavy atom. The fourth-order valence-corrected chi connectivity index (χ4v) is 4.67. The van der Waals surface area contributed by atoms with Crippen LogP contribution in [0.5, 0.6) is 0 Å². The maximum Gasteiger partial charge on any atom is 0.227 e. The molecular weight excluding hydrogens is 420 g/mol. The Morgan fingerprint density at radius 3 is 2.88 bits per heavy atom. The molecule has 2 aliphatic rings. The van der Waals surface area contributed by atoms with Crippen molar-refractivity contribution in [1.82, 2.24) is 4.90 Å². The number of nitrogens with zero attached hydrogens (tertiary/aromatic N) is 3. The van der Waals surface area contributed by atoms with Crippen molar-refractivity contribution in [2.24, 2.45) is 4.99 Å². The number of amides is 1. The van der Waals surface area contributed by atoms with E-state index in [2.05, 4.69) is 29.9 Å². The molecule has 0 fully saturated rings. The molecule has 1 amide bonds. The van der Waals surface area contributed by atoms with Crippen molar-refractivity contribution >= 4 is 34.7 Å². The summed E-state index contributed by atoms with van der Waals surface area (Å²) in [5, 5.41) is 13.3. The number of fused-ring (bicyclic) bond motifs is 1. The van der Waals surface area contributed by atoms with E-state index in [9.17, 15) is 14.9 Å². The second-order valence-corrected chi connectivity index (χ2v) is 8.72. The molecule has 170 valence electrons. The Labute approximate surface area is 195 Å². The maximum absolute atomic E-state index is 12.5. The van der Waals surface area contributed by atoms with Gasteiger partial charge in [-0.05, 0) is 37.3 Å². The van der Waals surface area contributed by atoms with E-state index >= 15 is 0 Å². The minimum absolute atomic E-state index is 0.171. The average molecular weight is 453 g/mol. The van der Waals surface area contributed by atoms with Gasteiger partial charge in [-0.25, -0.2) is 0 Å². The summed E-state index contributed by atoms with van der Waals surface area (Å²) in [6.45, 7) is 7.96. The maximum atomic E-state index is 12.5. The number of anilines is 1. The lowest BCUT2D eigenvalue weighted by Crippen LogP contribution is -2.35. The Balaban J connectivity index is 0.000000309. The molecule has 0 aromatic carbocycles. The summed E-state index contributed by atoms with van der Waals surface area (Å²) in [6, 6.07) is 2.29. The molecule has 3 rings (SSSR count). The smallest absolute Gasteiger partial charge is 0.227 e. The van der Waals surface area contributed by atoms with Gasteiger partial charge in [0.1, 0.15) is 17.4 Å². The van der Waals surface area contributed by atoms with Crippen LogP contribution in [0.25, 0.3) is 0 Å². The minimum atomic E-state index is 0.171. The lowest BCUT2D eigenvalue weighted by Gasteiger charge is -2.27. The third-order valence-corrected chi connectivity index (χ3v) is 6.51. The molecule has 7 heteroatoms. The van der Waals surface area contributed by atoms with E-state index in [1.807, 2.05) is 30.2 Å². The second-order valence-electron chi connectivity index (χ2n) is 7.62. The molecule has 2 aliphatic heterocycles. The van der Waals surface area contributed by atoms with Crippen molar-refractivity contribution in [3.05, 3.63) is 52.0 Å². The molecule has 0 spiro atoms. The molecule has 1 aromatic heterocycles. The highest BCUT2D eigenvalue weighted by Gasteiger charge is 2.26. The molecule has 0 radical (unpaired) electrons. The first-order valence-corrected chi connectivity index (χ1v) is 11.8. The van der Waals surface area contributed by atoms with Gasteiger partial charge in [-0.1, -0.05) is 36.8 Å². The number of carbonyl (C=O) groups is 2. The number of nitrogens with one attached hydrogen (secondary N) is 1. The number of hydrogen-bond donors (Lipinski definition) is 1. The number of dihydropyridines is 1. The molecule has 32 heavy (non-hydrogen) atoms. The lowest BCUT2D eigenvalue weighted by molar-refractivity contribution is -0.131. The zero-order chi connectivity index (χ0) is 23.3. The minimum Gasteiger partial charge on any atom is -0.379 e. The van der Waals surface area contributed by atoms with Crippen LogP contribution in [-0.2, 0) is 22.6 Å². The third kappa shape index (κ3) is 7.31. The van der Waals surface area contributed by atoms with Gasteiger partial charge in [-0.3, -0.25) is 9.79 Å². The zero-order valence-electron chi connectivity index (χ0n) is 19.0. The summed E-state index contributed by atoms with van der Waals surface area (Å²) >= 11 is 1.59. The molecule has 0 saturated carbocycles. The van der Waals surface area contributed by atoms with E-state index < -0.39 is 0 Å². The van der Waals surface area contributed by atoms with Crippen LogP contribution >= 0.6 is 11.3 Å². The molecule has 0 bridgehead atoms. The first-order valence-electron chi connectivity index (χ1n) is 11.0. The Hall–Kier alpha value is -2.98.